The Morgan fingerprint density at radius 3 is 2.45 bits per heavy atom. The van der Waals surface area contributed by atoms with Crippen LogP contribution >= 0.6 is 0 Å². The average molecular weight is 307 g/mol. The van der Waals surface area contributed by atoms with Gasteiger partial charge in [-0.15, -0.1) is 0 Å². The number of carboxylic acid groups (broad SMARTS) is 1. The number of esters is 1. The molecule has 0 radical (unpaired) electrons. The van der Waals surface area contributed by atoms with Gasteiger partial charge in [0.1, 0.15) is 5.75 Å². The topological polar surface area (TPSA) is 84.9 Å². The number of carbonyl (C=O) groups is 2. The molecule has 0 aliphatic rings. The molecule has 1 rings (SSSR count). The van der Waals surface area contributed by atoms with Crippen molar-refractivity contribution in [2.75, 3.05) is 18.5 Å². The lowest BCUT2D eigenvalue weighted by molar-refractivity contribution is -0.143. The number of hydrogen-bond donors (Lipinski definition) is 2. The van der Waals surface area contributed by atoms with E-state index in [1.165, 1.54) is 0 Å². The normalized spacial score (nSPS) is 10.9. The van der Waals surface area contributed by atoms with E-state index < -0.39 is 17.5 Å². The standard InChI is InChI=1S/C16H21NO5/c1-3-5-10-22-13-8-6-12(7-9-13)17-11-14(15(18)19)16(20)21-4-2/h6-9,11,17H,3-5,10H2,1-2H3,(H,18,19). The van der Waals surface area contributed by atoms with E-state index >= 15 is 0 Å². The largest absolute Gasteiger partial charge is 0.494 e. The smallest absolute Gasteiger partial charge is 0.347 e. The maximum absolute atomic E-state index is 11.5. The molecule has 0 amide bonds. The van der Waals surface area contributed by atoms with Crippen molar-refractivity contribution >= 4 is 17.6 Å². The summed E-state index contributed by atoms with van der Waals surface area (Å²) in [6.07, 6.45) is 3.17. The highest BCUT2D eigenvalue weighted by Gasteiger charge is 2.18. The van der Waals surface area contributed by atoms with Gasteiger partial charge in [0.15, 0.2) is 5.57 Å². The summed E-state index contributed by atoms with van der Waals surface area (Å²) < 4.78 is 10.2. The molecule has 0 fully saturated rings. The van der Waals surface area contributed by atoms with Crippen molar-refractivity contribution in [3.05, 3.63) is 36.0 Å². The Balaban J connectivity index is 2.66. The molecule has 1 aromatic rings. The van der Waals surface area contributed by atoms with Crippen LogP contribution in [0.2, 0.25) is 0 Å². The van der Waals surface area contributed by atoms with Crippen LogP contribution < -0.4 is 10.1 Å². The van der Waals surface area contributed by atoms with Crippen LogP contribution in [0, 0.1) is 0 Å². The SMILES string of the molecule is CCCCOc1ccc(NC=C(C(=O)O)C(=O)OCC)cc1. The number of carbonyl (C=O) groups excluding carboxylic acids is 1. The molecular weight excluding hydrogens is 286 g/mol. The van der Waals surface area contributed by atoms with Gasteiger partial charge in [0.25, 0.3) is 0 Å². The summed E-state index contributed by atoms with van der Waals surface area (Å²) in [5, 5.41) is 11.7. The number of benzene rings is 1. The quantitative estimate of drug-likeness (QED) is 0.240. The van der Waals surface area contributed by atoms with Crippen molar-refractivity contribution in [3.8, 4) is 5.75 Å². The van der Waals surface area contributed by atoms with E-state index in [-0.39, 0.29) is 6.61 Å². The molecule has 0 atom stereocenters. The number of hydrogen-bond acceptors (Lipinski definition) is 5. The lowest BCUT2D eigenvalue weighted by Crippen LogP contribution is -2.16. The number of carboxylic acids is 1. The van der Waals surface area contributed by atoms with Gasteiger partial charge in [-0.05, 0) is 37.6 Å². The van der Waals surface area contributed by atoms with E-state index in [0.29, 0.717) is 12.3 Å². The third-order valence-electron chi connectivity index (χ3n) is 2.73. The lowest BCUT2D eigenvalue weighted by atomic mass is 10.2. The summed E-state index contributed by atoms with van der Waals surface area (Å²) >= 11 is 0. The van der Waals surface area contributed by atoms with E-state index in [9.17, 15) is 9.59 Å². The molecule has 22 heavy (non-hydrogen) atoms. The first-order chi connectivity index (χ1) is 10.6. The molecule has 0 saturated carbocycles. The van der Waals surface area contributed by atoms with Crippen molar-refractivity contribution < 1.29 is 24.2 Å². The van der Waals surface area contributed by atoms with Gasteiger partial charge in [-0.1, -0.05) is 13.3 Å². The Kier molecular flexibility index (Phi) is 7.53. The van der Waals surface area contributed by atoms with Crippen LogP contribution in [0.3, 0.4) is 0 Å². The first kappa shape index (κ1) is 17.6. The Bertz CT molecular complexity index is 522. The van der Waals surface area contributed by atoms with Crippen LogP contribution in [0.25, 0.3) is 0 Å². The van der Waals surface area contributed by atoms with Gasteiger partial charge in [-0.25, -0.2) is 9.59 Å². The van der Waals surface area contributed by atoms with E-state index in [1.54, 1.807) is 31.2 Å². The summed E-state index contributed by atoms with van der Waals surface area (Å²) in [4.78, 5) is 22.5. The van der Waals surface area contributed by atoms with Gasteiger partial charge in [0.05, 0.1) is 13.2 Å². The van der Waals surface area contributed by atoms with E-state index in [4.69, 9.17) is 9.84 Å². The molecule has 0 saturated heterocycles. The number of rotatable bonds is 9. The summed E-state index contributed by atoms with van der Waals surface area (Å²) in [7, 11) is 0. The number of ether oxygens (including phenoxy) is 2. The molecule has 120 valence electrons. The van der Waals surface area contributed by atoms with E-state index in [1.807, 2.05) is 0 Å². The second kappa shape index (κ2) is 9.44. The molecular formula is C16H21NO5. The zero-order valence-corrected chi connectivity index (χ0v) is 12.8. The fourth-order valence-corrected chi connectivity index (χ4v) is 1.55. The molecule has 2 N–H and O–H groups in total. The average Bonchev–Trinajstić information content (AvgIpc) is 2.49. The molecule has 0 heterocycles. The maximum Gasteiger partial charge on any atom is 0.347 e. The number of anilines is 1. The van der Waals surface area contributed by atoms with Gasteiger partial charge >= 0.3 is 11.9 Å². The minimum atomic E-state index is -1.34. The highest BCUT2D eigenvalue weighted by atomic mass is 16.5. The summed E-state index contributed by atoms with van der Waals surface area (Å²) in [6, 6.07) is 7.03. The zero-order valence-electron chi connectivity index (χ0n) is 12.8. The zero-order chi connectivity index (χ0) is 16.4. The van der Waals surface area contributed by atoms with Crippen molar-refractivity contribution in [3.63, 3.8) is 0 Å². The number of nitrogens with one attached hydrogen (secondary N) is 1. The van der Waals surface area contributed by atoms with Crippen LogP contribution in [0.1, 0.15) is 26.7 Å². The first-order valence-electron chi connectivity index (χ1n) is 7.18. The predicted octanol–water partition coefficient (Wildman–Crippen LogP) is 2.81. The molecule has 0 aliphatic heterocycles. The predicted molar refractivity (Wildman–Crippen MR) is 82.8 cm³/mol. The van der Waals surface area contributed by atoms with Gasteiger partial charge in [-0.3, -0.25) is 0 Å². The second-order valence-corrected chi connectivity index (χ2v) is 4.45. The molecule has 0 bridgehead atoms. The van der Waals surface area contributed by atoms with Crippen molar-refractivity contribution in [2.24, 2.45) is 0 Å². The van der Waals surface area contributed by atoms with Gasteiger partial charge in [0, 0.05) is 11.9 Å². The number of unbranched alkanes of at least 4 members (excludes halogenated alkanes) is 1. The Morgan fingerprint density at radius 2 is 1.91 bits per heavy atom. The molecule has 0 unspecified atom stereocenters. The summed E-state index contributed by atoms with van der Waals surface area (Å²) in [6.45, 7) is 4.48. The highest BCUT2D eigenvalue weighted by Crippen LogP contribution is 2.16. The van der Waals surface area contributed by atoms with Crippen LogP contribution in [0.5, 0.6) is 5.75 Å². The Labute approximate surface area is 129 Å². The Morgan fingerprint density at radius 1 is 1.23 bits per heavy atom. The fourth-order valence-electron chi connectivity index (χ4n) is 1.55. The molecule has 0 aromatic heterocycles. The van der Waals surface area contributed by atoms with Gasteiger partial charge in [0.2, 0.25) is 0 Å². The minimum Gasteiger partial charge on any atom is -0.494 e. The summed E-state index contributed by atoms with van der Waals surface area (Å²) in [5.41, 5.74) is 0.191. The Hall–Kier alpha value is -2.50. The molecule has 0 aliphatic carbocycles. The third-order valence-corrected chi connectivity index (χ3v) is 2.73. The van der Waals surface area contributed by atoms with Crippen LogP contribution in [-0.4, -0.2) is 30.3 Å². The van der Waals surface area contributed by atoms with Crippen molar-refractivity contribution in [1.82, 2.24) is 0 Å². The fraction of sp³-hybridized carbons (Fsp3) is 0.375. The third kappa shape index (κ3) is 5.87. The van der Waals surface area contributed by atoms with Crippen LogP contribution in [-0.2, 0) is 14.3 Å². The minimum absolute atomic E-state index is 0.118. The van der Waals surface area contributed by atoms with Crippen molar-refractivity contribution in [2.45, 2.75) is 26.7 Å². The lowest BCUT2D eigenvalue weighted by Gasteiger charge is -2.07. The first-order valence-corrected chi connectivity index (χ1v) is 7.18. The molecule has 6 heteroatoms. The summed E-state index contributed by atoms with van der Waals surface area (Å²) in [5.74, 6) is -1.47. The molecule has 0 spiro atoms. The van der Waals surface area contributed by atoms with Crippen LogP contribution in [0.15, 0.2) is 36.0 Å². The molecule has 1 aromatic carbocycles. The van der Waals surface area contributed by atoms with Crippen molar-refractivity contribution in [1.29, 1.82) is 0 Å². The highest BCUT2D eigenvalue weighted by molar-refractivity contribution is 6.13. The maximum atomic E-state index is 11.5. The number of aliphatic carboxylic acids is 1. The van der Waals surface area contributed by atoms with Gasteiger partial charge < -0.3 is 19.9 Å². The van der Waals surface area contributed by atoms with E-state index in [0.717, 1.165) is 24.8 Å². The second-order valence-electron chi connectivity index (χ2n) is 4.45. The van der Waals surface area contributed by atoms with Gasteiger partial charge in [-0.2, -0.15) is 0 Å². The molecule has 6 nitrogen and oxygen atoms in total. The van der Waals surface area contributed by atoms with E-state index in [2.05, 4.69) is 17.0 Å². The monoisotopic (exact) mass is 307 g/mol. The van der Waals surface area contributed by atoms with Crippen LogP contribution in [0.4, 0.5) is 5.69 Å².